The molecule has 0 heterocycles. The van der Waals surface area contributed by atoms with E-state index in [4.69, 9.17) is 0 Å². The maximum absolute atomic E-state index is 2.75. The lowest BCUT2D eigenvalue weighted by Gasteiger charge is -2.59. The van der Waals surface area contributed by atoms with E-state index in [1.165, 1.54) is 82.6 Å². The number of hydrogen-bond acceptors (Lipinski definition) is 0. The molecule has 3 fully saturated rings. The van der Waals surface area contributed by atoms with Gasteiger partial charge in [-0.3, -0.25) is 0 Å². The Morgan fingerprint density at radius 2 is 1.68 bits per heavy atom. The fraction of sp³-hybridized carbons (Fsp3) is 0.871. The Hall–Kier alpha value is -0.520. The van der Waals surface area contributed by atoms with Crippen LogP contribution in [0.25, 0.3) is 0 Å². The minimum Gasteiger partial charge on any atom is -0.0859 e. The number of allylic oxidation sites excluding steroid dienone is 4. The predicted molar refractivity (Wildman–Crippen MR) is 134 cm³/mol. The van der Waals surface area contributed by atoms with E-state index < -0.39 is 0 Å². The van der Waals surface area contributed by atoms with Gasteiger partial charge in [-0.2, -0.15) is 0 Å². The van der Waals surface area contributed by atoms with Crippen molar-refractivity contribution < 1.29 is 0 Å². The summed E-state index contributed by atoms with van der Waals surface area (Å²) in [7, 11) is 0. The summed E-state index contributed by atoms with van der Waals surface area (Å²) >= 11 is 0. The zero-order chi connectivity index (χ0) is 21.9. The van der Waals surface area contributed by atoms with Crippen LogP contribution < -0.4 is 0 Å². The third-order valence-electron chi connectivity index (χ3n) is 11.9. The van der Waals surface area contributed by atoms with Gasteiger partial charge in [-0.05, 0) is 131 Å². The summed E-state index contributed by atoms with van der Waals surface area (Å²) < 4.78 is 0. The number of fused-ring (bicyclic) bond motifs is 5. The van der Waals surface area contributed by atoms with Gasteiger partial charge in [0.25, 0.3) is 0 Å². The minimum atomic E-state index is 0.560. The fourth-order valence-electron chi connectivity index (χ4n) is 10.5. The Morgan fingerprint density at radius 1 is 0.935 bits per heavy atom. The first-order chi connectivity index (χ1) is 14.8. The summed E-state index contributed by atoms with van der Waals surface area (Å²) in [6.45, 7) is 12.6. The second-order valence-corrected chi connectivity index (χ2v) is 13.5. The molecule has 0 amide bonds. The van der Waals surface area contributed by atoms with E-state index in [1.54, 1.807) is 19.3 Å². The summed E-state index contributed by atoms with van der Waals surface area (Å²) in [5, 5.41) is 0. The van der Waals surface area contributed by atoms with Crippen molar-refractivity contribution in [3.63, 3.8) is 0 Å². The average Bonchev–Trinajstić information content (AvgIpc) is 3.32. The van der Waals surface area contributed by atoms with Crippen LogP contribution in [0, 0.1) is 39.9 Å². The van der Waals surface area contributed by atoms with Gasteiger partial charge in [0.2, 0.25) is 0 Å². The van der Waals surface area contributed by atoms with Gasteiger partial charge in [0, 0.05) is 0 Å². The highest BCUT2D eigenvalue weighted by atomic mass is 14.6. The van der Waals surface area contributed by atoms with Crippen molar-refractivity contribution in [2.45, 2.75) is 131 Å². The summed E-state index contributed by atoms with van der Waals surface area (Å²) in [4.78, 5) is 0. The molecule has 0 aliphatic heterocycles. The first kappa shape index (κ1) is 22.3. The maximum Gasteiger partial charge on any atom is -0.00799 e. The molecule has 1 spiro atoms. The average molecular weight is 423 g/mol. The van der Waals surface area contributed by atoms with E-state index in [2.05, 4.69) is 40.7 Å². The molecule has 0 radical (unpaired) electrons. The van der Waals surface area contributed by atoms with Gasteiger partial charge in [0.1, 0.15) is 0 Å². The van der Waals surface area contributed by atoms with Crippen LogP contribution in [0.2, 0.25) is 0 Å². The van der Waals surface area contributed by atoms with E-state index in [0.29, 0.717) is 10.8 Å². The minimum absolute atomic E-state index is 0.560. The zero-order valence-electron chi connectivity index (χ0n) is 21.5. The third kappa shape index (κ3) is 3.44. The van der Waals surface area contributed by atoms with Crippen LogP contribution >= 0.6 is 0 Å². The molecule has 174 valence electrons. The summed E-state index contributed by atoms with van der Waals surface area (Å²) in [6, 6.07) is 0. The molecule has 0 aromatic rings. The molecular weight excluding hydrogens is 372 g/mol. The highest BCUT2D eigenvalue weighted by Crippen LogP contribution is 2.70. The topological polar surface area (TPSA) is 0 Å². The van der Waals surface area contributed by atoms with E-state index in [9.17, 15) is 0 Å². The van der Waals surface area contributed by atoms with Crippen molar-refractivity contribution >= 4 is 0 Å². The normalized spacial score (nSPS) is 42.2. The Labute approximate surface area is 193 Å². The Balaban J connectivity index is 1.40. The lowest BCUT2D eigenvalue weighted by atomic mass is 9.45. The standard InChI is InChI=1S/C31H50/c1-22(2)10-8-11-23(3)25-13-14-26-24-12-15-28-30(5,27(24)16-21-29(25,26)4)17-9-20-31(28)18-6-7-19-31/h10,23,25-26,28H,6-9,11-21H2,1-5H3/t23-,25-,26+,28?,29-,30-/m1/s1. The lowest BCUT2D eigenvalue weighted by Crippen LogP contribution is -2.49. The van der Waals surface area contributed by atoms with Crippen LogP contribution in [0.15, 0.2) is 22.8 Å². The lowest BCUT2D eigenvalue weighted by molar-refractivity contribution is -0.0220. The highest BCUT2D eigenvalue weighted by molar-refractivity contribution is 5.35. The van der Waals surface area contributed by atoms with Crippen LogP contribution in [-0.4, -0.2) is 0 Å². The van der Waals surface area contributed by atoms with Gasteiger partial charge >= 0.3 is 0 Å². The van der Waals surface area contributed by atoms with Gasteiger partial charge < -0.3 is 0 Å². The molecule has 5 rings (SSSR count). The maximum atomic E-state index is 2.75. The van der Waals surface area contributed by atoms with Gasteiger partial charge in [-0.1, -0.05) is 62.8 Å². The summed E-state index contributed by atoms with van der Waals surface area (Å²) in [5.74, 6) is 3.78. The molecule has 0 N–H and O–H groups in total. The van der Waals surface area contributed by atoms with Crippen molar-refractivity contribution in [3.8, 4) is 0 Å². The molecule has 0 aromatic carbocycles. The van der Waals surface area contributed by atoms with Crippen LogP contribution in [0.4, 0.5) is 0 Å². The SMILES string of the molecule is CC(C)=CCC[C@@H](C)[C@H]1CC[C@H]2C3=C(CC[C@]12C)[C@@]1(C)CCCC2(CCCC2)C1CC3. The molecule has 0 aromatic heterocycles. The highest BCUT2D eigenvalue weighted by Gasteiger charge is 2.59. The van der Waals surface area contributed by atoms with E-state index in [1.807, 2.05) is 11.1 Å². The molecule has 3 saturated carbocycles. The molecule has 0 bridgehead atoms. The smallest absolute Gasteiger partial charge is 0.00799 e. The van der Waals surface area contributed by atoms with Crippen molar-refractivity contribution in [3.05, 3.63) is 22.8 Å². The number of hydrogen-bond donors (Lipinski definition) is 0. The van der Waals surface area contributed by atoms with Crippen LogP contribution in [0.3, 0.4) is 0 Å². The molecule has 5 aliphatic rings. The second kappa shape index (κ2) is 8.06. The first-order valence-corrected chi connectivity index (χ1v) is 14.2. The van der Waals surface area contributed by atoms with Crippen molar-refractivity contribution in [2.24, 2.45) is 39.9 Å². The largest absolute Gasteiger partial charge is 0.0859 e. The molecule has 0 saturated heterocycles. The van der Waals surface area contributed by atoms with Crippen LogP contribution in [0.1, 0.15) is 131 Å². The van der Waals surface area contributed by atoms with E-state index in [0.717, 1.165) is 29.1 Å². The van der Waals surface area contributed by atoms with E-state index >= 15 is 0 Å². The molecule has 6 atom stereocenters. The molecular formula is C31H50. The Kier molecular flexibility index (Phi) is 5.79. The third-order valence-corrected chi connectivity index (χ3v) is 11.9. The first-order valence-electron chi connectivity index (χ1n) is 14.2. The van der Waals surface area contributed by atoms with E-state index in [-0.39, 0.29) is 0 Å². The monoisotopic (exact) mass is 422 g/mol. The van der Waals surface area contributed by atoms with Crippen LogP contribution in [-0.2, 0) is 0 Å². The van der Waals surface area contributed by atoms with Gasteiger partial charge in [0.05, 0.1) is 0 Å². The quantitative estimate of drug-likeness (QED) is 0.395. The zero-order valence-corrected chi connectivity index (χ0v) is 21.5. The Morgan fingerprint density at radius 3 is 2.42 bits per heavy atom. The fourth-order valence-corrected chi connectivity index (χ4v) is 10.5. The molecule has 0 heteroatoms. The Bertz CT molecular complexity index is 742. The number of rotatable bonds is 4. The van der Waals surface area contributed by atoms with Gasteiger partial charge in [0.15, 0.2) is 0 Å². The molecule has 31 heavy (non-hydrogen) atoms. The van der Waals surface area contributed by atoms with Crippen molar-refractivity contribution in [2.75, 3.05) is 0 Å². The van der Waals surface area contributed by atoms with Gasteiger partial charge in [-0.25, -0.2) is 0 Å². The molecule has 0 nitrogen and oxygen atoms in total. The summed E-state index contributed by atoms with van der Waals surface area (Å²) in [5.41, 5.74) is 7.42. The van der Waals surface area contributed by atoms with Crippen molar-refractivity contribution in [1.82, 2.24) is 0 Å². The van der Waals surface area contributed by atoms with Crippen molar-refractivity contribution in [1.29, 1.82) is 0 Å². The van der Waals surface area contributed by atoms with Crippen LogP contribution in [0.5, 0.6) is 0 Å². The molecule has 1 unspecified atom stereocenters. The van der Waals surface area contributed by atoms with Gasteiger partial charge in [-0.15, -0.1) is 0 Å². The summed E-state index contributed by atoms with van der Waals surface area (Å²) in [6.07, 6.45) is 24.8. The predicted octanol–water partition coefficient (Wildman–Crippen LogP) is 9.65. The molecule has 5 aliphatic carbocycles. The second-order valence-electron chi connectivity index (χ2n) is 13.5.